The molecule has 134 valence electrons. The zero-order valence-electron chi connectivity index (χ0n) is 14.3. The summed E-state index contributed by atoms with van der Waals surface area (Å²) in [7, 11) is -2.34. The molecule has 25 heavy (non-hydrogen) atoms. The number of sulfonamides is 1. The molecule has 2 aromatic carbocycles. The van der Waals surface area contributed by atoms with E-state index in [9.17, 15) is 13.2 Å². The normalized spacial score (nSPS) is 12.6. The van der Waals surface area contributed by atoms with Gasteiger partial charge >= 0.3 is 0 Å². The fourth-order valence-corrected chi connectivity index (χ4v) is 3.38. The molecule has 0 saturated carbocycles. The number of hydrogen-bond acceptors (Lipinski definition) is 3. The van der Waals surface area contributed by atoms with Crippen molar-refractivity contribution in [1.82, 2.24) is 10.0 Å². The molecular formula is C18H21ClN2O3S. The van der Waals surface area contributed by atoms with E-state index in [0.29, 0.717) is 6.42 Å². The second-order valence-corrected chi connectivity index (χ2v) is 7.99. The molecular weight excluding hydrogens is 360 g/mol. The lowest BCUT2D eigenvalue weighted by molar-refractivity contribution is 0.0935. The highest BCUT2D eigenvalue weighted by Crippen LogP contribution is 2.23. The summed E-state index contributed by atoms with van der Waals surface area (Å²) in [4.78, 5) is 12.6. The van der Waals surface area contributed by atoms with Crippen LogP contribution in [0.4, 0.5) is 0 Å². The maximum absolute atomic E-state index is 12.6. The molecule has 2 N–H and O–H groups in total. The Morgan fingerprint density at radius 1 is 1.16 bits per heavy atom. The maximum atomic E-state index is 12.6. The fourth-order valence-electron chi connectivity index (χ4n) is 2.42. The third kappa shape index (κ3) is 4.60. The van der Waals surface area contributed by atoms with Crippen molar-refractivity contribution < 1.29 is 13.2 Å². The number of carbonyl (C=O) groups is 1. The van der Waals surface area contributed by atoms with Gasteiger partial charge in [0.1, 0.15) is 0 Å². The molecule has 0 saturated heterocycles. The van der Waals surface area contributed by atoms with Gasteiger partial charge in [-0.3, -0.25) is 4.79 Å². The number of hydrogen-bond donors (Lipinski definition) is 2. The lowest BCUT2D eigenvalue weighted by Crippen LogP contribution is -2.29. The van der Waals surface area contributed by atoms with Crippen molar-refractivity contribution >= 4 is 27.5 Å². The predicted molar refractivity (Wildman–Crippen MR) is 99.4 cm³/mol. The molecule has 0 spiro atoms. The molecule has 5 nitrogen and oxygen atoms in total. The zero-order chi connectivity index (χ0) is 18.6. The summed E-state index contributed by atoms with van der Waals surface area (Å²) < 4.78 is 26.1. The molecule has 2 rings (SSSR count). The van der Waals surface area contributed by atoms with Gasteiger partial charge in [0.15, 0.2) is 0 Å². The third-order valence-corrected chi connectivity index (χ3v) is 5.70. The summed E-state index contributed by atoms with van der Waals surface area (Å²) in [5, 5.41) is 3.12. The largest absolute Gasteiger partial charge is 0.345 e. The van der Waals surface area contributed by atoms with Crippen LogP contribution in [0, 0.1) is 6.92 Å². The van der Waals surface area contributed by atoms with Crippen LogP contribution >= 0.6 is 11.6 Å². The topological polar surface area (TPSA) is 75.3 Å². The van der Waals surface area contributed by atoms with Gasteiger partial charge in [0.25, 0.3) is 5.91 Å². The highest BCUT2D eigenvalue weighted by molar-refractivity contribution is 7.89. The number of rotatable bonds is 6. The van der Waals surface area contributed by atoms with Crippen LogP contribution in [0.5, 0.6) is 0 Å². The Balaban J connectivity index is 2.30. The van der Waals surface area contributed by atoms with Crippen molar-refractivity contribution in [2.24, 2.45) is 0 Å². The minimum atomic E-state index is -3.65. The van der Waals surface area contributed by atoms with Crippen LogP contribution in [0.1, 0.15) is 40.9 Å². The SMILES string of the molecule is CCC(NC(=O)c1cc(S(=O)(=O)NC)ccc1Cl)c1ccc(C)cc1. The second kappa shape index (κ2) is 7.99. The Morgan fingerprint density at radius 3 is 2.36 bits per heavy atom. The number of halogens is 1. The molecule has 7 heteroatoms. The van der Waals surface area contributed by atoms with Gasteiger partial charge in [-0.25, -0.2) is 13.1 Å². The van der Waals surface area contributed by atoms with Crippen molar-refractivity contribution in [3.63, 3.8) is 0 Å². The fraction of sp³-hybridized carbons (Fsp3) is 0.278. The first-order valence-electron chi connectivity index (χ1n) is 7.89. The van der Waals surface area contributed by atoms with Crippen molar-refractivity contribution in [3.8, 4) is 0 Å². The summed E-state index contributed by atoms with van der Waals surface area (Å²) in [6, 6.07) is 11.8. The average Bonchev–Trinajstić information content (AvgIpc) is 2.60. The highest BCUT2D eigenvalue weighted by atomic mass is 35.5. The van der Waals surface area contributed by atoms with Crippen LogP contribution < -0.4 is 10.0 Å². The monoisotopic (exact) mass is 380 g/mol. The van der Waals surface area contributed by atoms with Gasteiger partial charge in [0.05, 0.1) is 21.5 Å². The van der Waals surface area contributed by atoms with E-state index in [0.717, 1.165) is 11.1 Å². The summed E-state index contributed by atoms with van der Waals surface area (Å²) in [5.41, 5.74) is 2.25. The lowest BCUT2D eigenvalue weighted by atomic mass is 10.0. The molecule has 1 amide bonds. The van der Waals surface area contributed by atoms with Crippen molar-refractivity contribution in [2.75, 3.05) is 7.05 Å². The van der Waals surface area contributed by atoms with Gasteiger partial charge < -0.3 is 5.32 Å². The summed E-state index contributed by atoms with van der Waals surface area (Å²) in [5.74, 6) is -0.412. The minimum absolute atomic E-state index is 0.00654. The molecule has 0 aliphatic carbocycles. The first-order chi connectivity index (χ1) is 11.8. The van der Waals surface area contributed by atoms with E-state index in [-0.39, 0.29) is 21.5 Å². The van der Waals surface area contributed by atoms with Gasteiger partial charge in [-0.15, -0.1) is 0 Å². The third-order valence-electron chi connectivity index (χ3n) is 3.95. The molecule has 0 fully saturated rings. The van der Waals surface area contributed by atoms with Gasteiger partial charge in [-0.1, -0.05) is 48.4 Å². The molecule has 1 unspecified atom stereocenters. The predicted octanol–water partition coefficient (Wildman–Crippen LogP) is 3.44. The van der Waals surface area contributed by atoms with E-state index in [1.165, 1.54) is 25.2 Å². The number of amides is 1. The molecule has 0 aromatic heterocycles. The van der Waals surface area contributed by atoms with Crippen LogP contribution in [0.2, 0.25) is 5.02 Å². The molecule has 0 aliphatic heterocycles. The van der Waals surface area contributed by atoms with E-state index < -0.39 is 15.9 Å². The van der Waals surface area contributed by atoms with Crippen LogP contribution in [0.3, 0.4) is 0 Å². The van der Waals surface area contributed by atoms with E-state index in [4.69, 9.17) is 11.6 Å². The summed E-state index contributed by atoms with van der Waals surface area (Å²) >= 11 is 6.10. The Labute approximate surface area is 153 Å². The standard InChI is InChI=1S/C18H21ClN2O3S/c1-4-17(13-7-5-12(2)6-8-13)21-18(22)15-11-14(9-10-16(15)19)25(23,24)20-3/h5-11,17,20H,4H2,1-3H3,(H,21,22). The Hall–Kier alpha value is -1.89. The lowest BCUT2D eigenvalue weighted by Gasteiger charge is -2.18. The first kappa shape index (κ1) is 19.4. The van der Waals surface area contributed by atoms with E-state index in [1.807, 2.05) is 38.1 Å². The Bertz CT molecular complexity index is 864. The van der Waals surface area contributed by atoms with Crippen LogP contribution in [-0.4, -0.2) is 21.4 Å². The van der Waals surface area contributed by atoms with E-state index in [1.54, 1.807) is 0 Å². The van der Waals surface area contributed by atoms with Gasteiger partial charge in [0.2, 0.25) is 10.0 Å². The number of carbonyl (C=O) groups excluding carboxylic acids is 1. The molecule has 0 radical (unpaired) electrons. The second-order valence-electron chi connectivity index (χ2n) is 5.69. The summed E-state index contributed by atoms with van der Waals surface area (Å²) in [6.07, 6.45) is 0.695. The van der Waals surface area contributed by atoms with Gasteiger partial charge in [-0.2, -0.15) is 0 Å². The van der Waals surface area contributed by atoms with Gasteiger partial charge in [0, 0.05) is 0 Å². The average molecular weight is 381 g/mol. The van der Waals surface area contributed by atoms with Crippen LogP contribution in [0.25, 0.3) is 0 Å². The number of aryl methyl sites for hydroxylation is 1. The first-order valence-corrected chi connectivity index (χ1v) is 9.75. The van der Waals surface area contributed by atoms with Crippen molar-refractivity contribution in [2.45, 2.75) is 31.2 Å². The zero-order valence-corrected chi connectivity index (χ0v) is 15.9. The van der Waals surface area contributed by atoms with Crippen LogP contribution in [0.15, 0.2) is 47.4 Å². The maximum Gasteiger partial charge on any atom is 0.253 e. The van der Waals surface area contributed by atoms with Crippen LogP contribution in [-0.2, 0) is 10.0 Å². The molecule has 2 aromatic rings. The molecule has 0 aliphatic rings. The Morgan fingerprint density at radius 2 is 1.80 bits per heavy atom. The highest BCUT2D eigenvalue weighted by Gasteiger charge is 2.20. The molecule has 0 heterocycles. The number of nitrogens with one attached hydrogen (secondary N) is 2. The quantitative estimate of drug-likeness (QED) is 0.806. The smallest absolute Gasteiger partial charge is 0.253 e. The van der Waals surface area contributed by atoms with Gasteiger partial charge in [-0.05, 0) is 44.2 Å². The van der Waals surface area contributed by atoms with E-state index in [2.05, 4.69) is 10.0 Å². The van der Waals surface area contributed by atoms with E-state index >= 15 is 0 Å². The molecule has 0 bridgehead atoms. The van der Waals surface area contributed by atoms with Crippen molar-refractivity contribution in [1.29, 1.82) is 0 Å². The molecule has 1 atom stereocenters. The number of benzene rings is 2. The minimum Gasteiger partial charge on any atom is -0.345 e. The Kier molecular flexibility index (Phi) is 6.21. The summed E-state index contributed by atoms with van der Waals surface area (Å²) in [6.45, 7) is 3.96. The van der Waals surface area contributed by atoms with Crippen molar-refractivity contribution in [3.05, 3.63) is 64.2 Å².